The Morgan fingerprint density at radius 1 is 1.23 bits per heavy atom. The second-order valence-corrected chi connectivity index (χ2v) is 7.86. The third-order valence-corrected chi connectivity index (χ3v) is 5.67. The molecule has 1 aliphatic carbocycles. The van der Waals surface area contributed by atoms with E-state index in [-0.39, 0.29) is 17.9 Å². The van der Waals surface area contributed by atoms with Gasteiger partial charge in [-0.05, 0) is 24.3 Å². The van der Waals surface area contributed by atoms with E-state index in [1.54, 1.807) is 6.20 Å². The van der Waals surface area contributed by atoms with Crippen LogP contribution in [0, 0.1) is 5.92 Å². The van der Waals surface area contributed by atoms with Crippen molar-refractivity contribution in [3.8, 4) is 10.6 Å². The summed E-state index contributed by atoms with van der Waals surface area (Å²) in [6.07, 6.45) is 5.04. The van der Waals surface area contributed by atoms with Gasteiger partial charge in [0.15, 0.2) is 0 Å². The Morgan fingerprint density at radius 2 is 2.00 bits per heavy atom. The number of nitrogens with zero attached hydrogens (tertiary/aromatic N) is 5. The van der Waals surface area contributed by atoms with Crippen LogP contribution in [0.3, 0.4) is 0 Å². The Bertz CT molecular complexity index is 881. The molecule has 26 heavy (non-hydrogen) atoms. The minimum Gasteiger partial charge on any atom is -0.300 e. The first kappa shape index (κ1) is 16.8. The zero-order chi connectivity index (χ0) is 18.1. The molecule has 1 aromatic carbocycles. The van der Waals surface area contributed by atoms with Crippen molar-refractivity contribution in [2.75, 3.05) is 5.32 Å². The first-order valence-corrected chi connectivity index (χ1v) is 9.52. The van der Waals surface area contributed by atoms with Crippen molar-refractivity contribution in [1.82, 2.24) is 25.2 Å². The first-order chi connectivity index (χ1) is 12.6. The van der Waals surface area contributed by atoms with Crippen LogP contribution >= 0.6 is 11.3 Å². The van der Waals surface area contributed by atoms with Gasteiger partial charge in [-0.15, -0.1) is 15.3 Å². The largest absolute Gasteiger partial charge is 0.300 e. The van der Waals surface area contributed by atoms with Crippen LogP contribution in [0.1, 0.15) is 44.2 Å². The van der Waals surface area contributed by atoms with Crippen LogP contribution in [0.15, 0.2) is 36.7 Å². The summed E-state index contributed by atoms with van der Waals surface area (Å²) in [5.41, 5.74) is 2.31. The van der Waals surface area contributed by atoms with Crippen LogP contribution in [0.4, 0.5) is 5.13 Å². The first-order valence-electron chi connectivity index (χ1n) is 8.70. The predicted octanol–water partition coefficient (Wildman–Crippen LogP) is 3.51. The quantitative estimate of drug-likeness (QED) is 0.745. The highest BCUT2D eigenvalue weighted by molar-refractivity contribution is 7.18. The van der Waals surface area contributed by atoms with Gasteiger partial charge in [-0.25, -0.2) is 4.68 Å². The van der Waals surface area contributed by atoms with Crippen molar-refractivity contribution in [3.05, 3.63) is 42.2 Å². The third-order valence-electron chi connectivity index (χ3n) is 4.78. The minimum atomic E-state index is -0.0122. The molecular formula is C18H20N6OS. The van der Waals surface area contributed by atoms with Gasteiger partial charge in [0.1, 0.15) is 5.01 Å². The summed E-state index contributed by atoms with van der Waals surface area (Å²) in [6.45, 7) is 4.34. The zero-order valence-corrected chi connectivity index (χ0v) is 15.5. The molecule has 0 spiro atoms. The van der Waals surface area contributed by atoms with E-state index in [1.165, 1.54) is 16.9 Å². The van der Waals surface area contributed by atoms with E-state index in [2.05, 4.69) is 63.9 Å². The van der Waals surface area contributed by atoms with E-state index >= 15 is 0 Å². The molecule has 4 rings (SSSR count). The highest BCUT2D eigenvalue weighted by atomic mass is 32.1. The number of hydrogen-bond donors (Lipinski definition) is 1. The van der Waals surface area contributed by atoms with E-state index in [1.807, 2.05) is 10.9 Å². The summed E-state index contributed by atoms with van der Waals surface area (Å²) < 4.78 is 1.81. The molecule has 0 aliphatic heterocycles. The molecule has 0 saturated heterocycles. The summed E-state index contributed by atoms with van der Waals surface area (Å²) in [4.78, 5) is 12.4. The molecule has 7 nitrogen and oxygen atoms in total. The number of hydrogen-bond acceptors (Lipinski definition) is 6. The maximum atomic E-state index is 12.4. The Labute approximate surface area is 155 Å². The topological polar surface area (TPSA) is 85.6 Å². The van der Waals surface area contributed by atoms with Gasteiger partial charge in [-0.2, -0.15) is 0 Å². The van der Waals surface area contributed by atoms with Crippen molar-refractivity contribution in [2.45, 2.75) is 38.6 Å². The van der Waals surface area contributed by atoms with Crippen LogP contribution < -0.4 is 5.32 Å². The van der Waals surface area contributed by atoms with Gasteiger partial charge in [0.05, 0.1) is 12.2 Å². The lowest BCUT2D eigenvalue weighted by atomic mass is 9.80. The van der Waals surface area contributed by atoms with Gasteiger partial charge in [-0.1, -0.05) is 54.7 Å². The average Bonchev–Trinajstić information content (AvgIpc) is 3.26. The molecular weight excluding hydrogens is 348 g/mol. The molecule has 2 heterocycles. The smallest absolute Gasteiger partial charge is 0.229 e. The fraction of sp³-hybridized carbons (Fsp3) is 0.389. The highest BCUT2D eigenvalue weighted by Gasteiger charge is 2.36. The Hall–Kier alpha value is -2.61. The number of aromatic nitrogens is 5. The number of anilines is 1. The lowest BCUT2D eigenvalue weighted by molar-refractivity contribution is -0.123. The van der Waals surface area contributed by atoms with Gasteiger partial charge in [0.25, 0.3) is 0 Å². The summed E-state index contributed by atoms with van der Waals surface area (Å²) in [5.74, 6) is 0.484. The monoisotopic (exact) mass is 368 g/mol. The minimum absolute atomic E-state index is 0.000721. The summed E-state index contributed by atoms with van der Waals surface area (Å²) in [5, 5.41) is 20.3. The van der Waals surface area contributed by atoms with Crippen LogP contribution in [0.25, 0.3) is 10.6 Å². The average molecular weight is 368 g/mol. The van der Waals surface area contributed by atoms with Gasteiger partial charge in [-0.3, -0.25) is 4.79 Å². The summed E-state index contributed by atoms with van der Waals surface area (Å²) in [6, 6.07) is 8.58. The van der Waals surface area contributed by atoms with Gasteiger partial charge in [0.2, 0.25) is 11.0 Å². The standard InChI is InChI=1S/C18H20N6OS/c1-11(2)12-3-5-13(6-4-12)17-21-22-18(26-17)20-16(25)14-9-15(10-14)24-8-7-19-23-24/h3-8,11,14-15H,9-10H2,1-2H3,(H,20,22,25). The Kier molecular flexibility index (Phi) is 4.50. The van der Waals surface area contributed by atoms with E-state index in [0.717, 1.165) is 23.4 Å². The van der Waals surface area contributed by atoms with Crippen LogP contribution in [-0.4, -0.2) is 31.1 Å². The van der Waals surface area contributed by atoms with Crippen molar-refractivity contribution in [3.63, 3.8) is 0 Å². The van der Waals surface area contributed by atoms with Crippen molar-refractivity contribution >= 4 is 22.4 Å². The molecule has 2 aromatic heterocycles. The van der Waals surface area contributed by atoms with Crippen LogP contribution in [-0.2, 0) is 4.79 Å². The molecule has 1 aliphatic rings. The van der Waals surface area contributed by atoms with Crippen molar-refractivity contribution in [1.29, 1.82) is 0 Å². The molecule has 1 saturated carbocycles. The SMILES string of the molecule is CC(C)c1ccc(-c2nnc(NC(=O)C3CC(n4ccnn4)C3)s2)cc1. The number of nitrogens with one attached hydrogen (secondary N) is 1. The van der Waals surface area contributed by atoms with E-state index in [0.29, 0.717) is 11.0 Å². The molecule has 1 fully saturated rings. The number of rotatable bonds is 5. The highest BCUT2D eigenvalue weighted by Crippen LogP contribution is 2.38. The molecule has 1 N–H and O–H groups in total. The lowest BCUT2D eigenvalue weighted by Crippen LogP contribution is -2.36. The Morgan fingerprint density at radius 3 is 2.65 bits per heavy atom. The van der Waals surface area contributed by atoms with E-state index in [9.17, 15) is 4.79 Å². The Balaban J connectivity index is 1.35. The number of benzene rings is 1. The predicted molar refractivity (Wildman–Crippen MR) is 99.8 cm³/mol. The molecule has 3 aromatic rings. The number of carbonyl (C=O) groups excluding carboxylic acids is 1. The molecule has 8 heteroatoms. The maximum absolute atomic E-state index is 12.4. The maximum Gasteiger partial charge on any atom is 0.229 e. The van der Waals surface area contributed by atoms with Crippen molar-refractivity contribution in [2.24, 2.45) is 5.92 Å². The molecule has 0 bridgehead atoms. The van der Waals surface area contributed by atoms with Gasteiger partial charge >= 0.3 is 0 Å². The molecule has 134 valence electrons. The second-order valence-electron chi connectivity index (χ2n) is 6.88. The summed E-state index contributed by atoms with van der Waals surface area (Å²) in [7, 11) is 0. The molecule has 1 amide bonds. The van der Waals surface area contributed by atoms with Gasteiger partial charge in [0, 0.05) is 17.7 Å². The van der Waals surface area contributed by atoms with E-state index in [4.69, 9.17) is 0 Å². The van der Waals surface area contributed by atoms with Crippen LogP contribution in [0.2, 0.25) is 0 Å². The fourth-order valence-corrected chi connectivity index (χ4v) is 3.79. The van der Waals surface area contributed by atoms with E-state index < -0.39 is 0 Å². The summed E-state index contributed by atoms with van der Waals surface area (Å²) >= 11 is 1.40. The second kappa shape index (κ2) is 6.95. The molecule has 0 radical (unpaired) electrons. The third kappa shape index (κ3) is 3.37. The zero-order valence-electron chi connectivity index (χ0n) is 14.7. The fourth-order valence-electron chi connectivity index (χ4n) is 3.04. The molecule has 0 atom stereocenters. The molecule has 0 unspecified atom stereocenters. The number of amides is 1. The van der Waals surface area contributed by atoms with Crippen molar-refractivity contribution < 1.29 is 4.79 Å². The lowest BCUT2D eigenvalue weighted by Gasteiger charge is -2.33. The number of carbonyl (C=O) groups is 1. The van der Waals surface area contributed by atoms with Crippen LogP contribution in [0.5, 0.6) is 0 Å². The van der Waals surface area contributed by atoms with Gasteiger partial charge < -0.3 is 5.32 Å². The normalized spacial score (nSPS) is 19.3.